The average Bonchev–Trinajstić information content (AvgIpc) is 2.73. The van der Waals surface area contributed by atoms with Gasteiger partial charge in [-0.25, -0.2) is 4.39 Å². The summed E-state index contributed by atoms with van der Waals surface area (Å²) in [5, 5.41) is 0.179. The molecule has 0 amide bonds. The Morgan fingerprint density at radius 3 is 2.95 bits per heavy atom. The van der Waals surface area contributed by atoms with E-state index in [0.717, 1.165) is 24.8 Å². The smallest absolute Gasteiger partial charge is 0.141 e. The molecule has 0 saturated carbocycles. The topological polar surface area (TPSA) is 30.9 Å². The van der Waals surface area contributed by atoms with Gasteiger partial charge in [-0.05, 0) is 55.5 Å². The van der Waals surface area contributed by atoms with Crippen LogP contribution in [0.25, 0.3) is 0 Å². The molecular formula is C16H18ClFN2. The Labute approximate surface area is 123 Å². The number of fused-ring (bicyclic) bond motifs is 1. The fourth-order valence-corrected chi connectivity index (χ4v) is 3.24. The molecule has 4 heteroatoms. The maximum atomic E-state index is 13.2. The minimum Gasteiger partial charge on any atom is -0.344 e. The van der Waals surface area contributed by atoms with E-state index in [0.29, 0.717) is 6.54 Å². The monoisotopic (exact) mass is 292 g/mol. The van der Waals surface area contributed by atoms with Crippen LogP contribution in [-0.4, -0.2) is 4.57 Å². The lowest BCUT2D eigenvalue weighted by atomic mass is 9.93. The summed E-state index contributed by atoms with van der Waals surface area (Å²) in [6.45, 7) is 2.81. The van der Waals surface area contributed by atoms with Gasteiger partial charge in [0.15, 0.2) is 0 Å². The molecule has 1 atom stereocenters. The van der Waals surface area contributed by atoms with Gasteiger partial charge in [-0.15, -0.1) is 0 Å². The predicted octanol–water partition coefficient (Wildman–Crippen LogP) is 3.97. The molecule has 0 fully saturated rings. The third-order valence-corrected chi connectivity index (χ3v) is 4.39. The summed E-state index contributed by atoms with van der Waals surface area (Å²) in [7, 11) is 0. The van der Waals surface area contributed by atoms with Crippen LogP contribution in [0.15, 0.2) is 24.3 Å². The standard InChI is InChI=1S/C16H18ClFN2/c1-10-7-12-15(19)3-2-4-16(12)20(10)9-11-5-6-14(18)13(17)8-11/h5-8,15H,2-4,9,19H2,1H3. The molecule has 1 aromatic heterocycles. The van der Waals surface area contributed by atoms with E-state index in [9.17, 15) is 4.39 Å². The summed E-state index contributed by atoms with van der Waals surface area (Å²) < 4.78 is 15.5. The highest BCUT2D eigenvalue weighted by molar-refractivity contribution is 6.30. The van der Waals surface area contributed by atoms with Crippen LogP contribution in [0.2, 0.25) is 5.02 Å². The Hall–Kier alpha value is -1.32. The second-order valence-electron chi connectivity index (χ2n) is 5.52. The number of aryl methyl sites for hydroxylation is 1. The van der Waals surface area contributed by atoms with Crippen LogP contribution >= 0.6 is 11.6 Å². The summed E-state index contributed by atoms with van der Waals surface area (Å²) in [5.74, 6) is -0.372. The van der Waals surface area contributed by atoms with Crippen molar-refractivity contribution in [2.24, 2.45) is 5.73 Å². The van der Waals surface area contributed by atoms with E-state index in [1.54, 1.807) is 12.1 Å². The van der Waals surface area contributed by atoms with Gasteiger partial charge >= 0.3 is 0 Å². The Balaban J connectivity index is 1.96. The second-order valence-corrected chi connectivity index (χ2v) is 5.93. The van der Waals surface area contributed by atoms with E-state index in [1.165, 1.54) is 23.0 Å². The molecule has 1 aliphatic carbocycles. The van der Waals surface area contributed by atoms with Gasteiger partial charge in [0.1, 0.15) is 5.82 Å². The maximum absolute atomic E-state index is 13.2. The van der Waals surface area contributed by atoms with Crippen molar-refractivity contribution >= 4 is 11.6 Å². The lowest BCUT2D eigenvalue weighted by Gasteiger charge is -2.21. The Morgan fingerprint density at radius 1 is 1.40 bits per heavy atom. The normalized spacial score (nSPS) is 18.1. The quantitative estimate of drug-likeness (QED) is 0.892. The third kappa shape index (κ3) is 2.36. The number of nitrogens with two attached hydrogens (primary N) is 1. The molecule has 2 N–H and O–H groups in total. The number of hydrogen-bond acceptors (Lipinski definition) is 1. The van der Waals surface area contributed by atoms with Crippen molar-refractivity contribution in [3.05, 3.63) is 57.6 Å². The molecule has 106 valence electrons. The lowest BCUT2D eigenvalue weighted by Crippen LogP contribution is -2.18. The van der Waals surface area contributed by atoms with E-state index < -0.39 is 0 Å². The van der Waals surface area contributed by atoms with Crippen LogP contribution in [0.1, 0.15) is 41.4 Å². The van der Waals surface area contributed by atoms with Gasteiger partial charge < -0.3 is 10.3 Å². The van der Waals surface area contributed by atoms with Crippen molar-refractivity contribution in [3.63, 3.8) is 0 Å². The summed E-state index contributed by atoms with van der Waals surface area (Å²) in [4.78, 5) is 0. The van der Waals surface area contributed by atoms with Gasteiger partial charge in [-0.3, -0.25) is 0 Å². The number of hydrogen-bond donors (Lipinski definition) is 1. The molecule has 2 aromatic rings. The first-order valence-electron chi connectivity index (χ1n) is 6.94. The van der Waals surface area contributed by atoms with Crippen molar-refractivity contribution in [1.29, 1.82) is 0 Å². The fraction of sp³-hybridized carbons (Fsp3) is 0.375. The van der Waals surface area contributed by atoms with E-state index in [-0.39, 0.29) is 16.9 Å². The molecule has 0 aliphatic heterocycles. The largest absolute Gasteiger partial charge is 0.344 e. The van der Waals surface area contributed by atoms with Crippen molar-refractivity contribution in [1.82, 2.24) is 4.57 Å². The van der Waals surface area contributed by atoms with Crippen LogP contribution in [0.3, 0.4) is 0 Å². The molecule has 1 heterocycles. The van der Waals surface area contributed by atoms with Crippen LogP contribution in [0.4, 0.5) is 4.39 Å². The summed E-state index contributed by atoms with van der Waals surface area (Å²) in [6.07, 6.45) is 3.24. The van der Waals surface area contributed by atoms with Gasteiger partial charge in [0.25, 0.3) is 0 Å². The molecule has 1 aliphatic rings. The SMILES string of the molecule is Cc1cc2c(n1Cc1ccc(F)c(Cl)c1)CCCC2N. The predicted molar refractivity (Wildman–Crippen MR) is 79.5 cm³/mol. The van der Waals surface area contributed by atoms with Crippen molar-refractivity contribution in [3.8, 4) is 0 Å². The molecule has 2 nitrogen and oxygen atoms in total. The zero-order chi connectivity index (χ0) is 14.3. The summed E-state index contributed by atoms with van der Waals surface area (Å²) >= 11 is 5.86. The molecule has 0 saturated heterocycles. The molecule has 1 unspecified atom stereocenters. The van der Waals surface area contributed by atoms with Crippen LogP contribution in [0.5, 0.6) is 0 Å². The van der Waals surface area contributed by atoms with Crippen molar-refractivity contribution in [2.75, 3.05) is 0 Å². The molecule has 20 heavy (non-hydrogen) atoms. The van der Waals surface area contributed by atoms with Crippen molar-refractivity contribution in [2.45, 2.75) is 38.8 Å². The number of benzene rings is 1. The van der Waals surface area contributed by atoms with Crippen molar-refractivity contribution < 1.29 is 4.39 Å². The Bertz CT molecular complexity index is 648. The first-order valence-corrected chi connectivity index (χ1v) is 7.32. The molecule has 1 aromatic carbocycles. The third-order valence-electron chi connectivity index (χ3n) is 4.10. The van der Waals surface area contributed by atoms with Crippen LogP contribution in [0, 0.1) is 12.7 Å². The highest BCUT2D eigenvalue weighted by Crippen LogP contribution is 2.31. The van der Waals surface area contributed by atoms with Gasteiger partial charge in [-0.2, -0.15) is 0 Å². The first kappa shape index (κ1) is 13.7. The number of nitrogens with zero attached hydrogens (tertiary/aromatic N) is 1. The van der Waals surface area contributed by atoms with E-state index >= 15 is 0 Å². The second kappa shape index (κ2) is 5.23. The van der Waals surface area contributed by atoms with Gasteiger partial charge in [-0.1, -0.05) is 17.7 Å². The van der Waals surface area contributed by atoms with E-state index in [2.05, 4.69) is 17.6 Å². The number of aromatic nitrogens is 1. The molecular weight excluding hydrogens is 275 g/mol. The Morgan fingerprint density at radius 2 is 2.20 bits per heavy atom. The first-order chi connectivity index (χ1) is 9.56. The minimum absolute atomic E-state index is 0.149. The van der Waals surface area contributed by atoms with E-state index in [1.807, 2.05) is 0 Å². The average molecular weight is 293 g/mol. The maximum Gasteiger partial charge on any atom is 0.141 e. The fourth-order valence-electron chi connectivity index (χ4n) is 3.04. The highest BCUT2D eigenvalue weighted by Gasteiger charge is 2.22. The molecule has 0 bridgehead atoms. The van der Waals surface area contributed by atoms with Gasteiger partial charge in [0.2, 0.25) is 0 Å². The van der Waals surface area contributed by atoms with Gasteiger partial charge in [0.05, 0.1) is 5.02 Å². The van der Waals surface area contributed by atoms with Crippen LogP contribution in [-0.2, 0) is 13.0 Å². The van der Waals surface area contributed by atoms with Crippen LogP contribution < -0.4 is 5.73 Å². The lowest BCUT2D eigenvalue weighted by molar-refractivity contribution is 0.546. The number of rotatable bonds is 2. The Kier molecular flexibility index (Phi) is 3.57. The summed E-state index contributed by atoms with van der Waals surface area (Å²) in [6, 6.07) is 7.25. The zero-order valence-corrected chi connectivity index (χ0v) is 12.3. The van der Waals surface area contributed by atoms with E-state index in [4.69, 9.17) is 17.3 Å². The number of halogens is 2. The minimum atomic E-state index is -0.372. The molecule has 0 spiro atoms. The molecule has 3 rings (SSSR count). The van der Waals surface area contributed by atoms with Gasteiger partial charge in [0, 0.05) is 24.0 Å². The highest BCUT2D eigenvalue weighted by atomic mass is 35.5. The zero-order valence-electron chi connectivity index (χ0n) is 11.5. The molecule has 0 radical (unpaired) electrons. The summed E-state index contributed by atoms with van der Waals surface area (Å²) in [5.41, 5.74) is 11.0.